The lowest BCUT2D eigenvalue weighted by molar-refractivity contribution is -0.200. The first-order valence-corrected chi connectivity index (χ1v) is 10.8. The quantitative estimate of drug-likeness (QED) is 0.871. The predicted molar refractivity (Wildman–Crippen MR) is 101 cm³/mol. The average Bonchev–Trinajstić information content (AvgIpc) is 3.04. The van der Waals surface area contributed by atoms with E-state index in [1.165, 1.54) is 32.1 Å². The van der Waals surface area contributed by atoms with Gasteiger partial charge < -0.3 is 14.6 Å². The molecular formula is C23H32O3. The van der Waals surface area contributed by atoms with Crippen molar-refractivity contribution in [1.82, 2.24) is 0 Å². The summed E-state index contributed by atoms with van der Waals surface area (Å²) in [7, 11) is 0. The third-order valence-electron chi connectivity index (χ3n) is 7.99. The van der Waals surface area contributed by atoms with Crippen molar-refractivity contribution >= 4 is 0 Å². The Bertz CT molecular complexity index is 638. The molecule has 1 N–H and O–H groups in total. The number of aliphatic hydroxyl groups is 1. The summed E-state index contributed by atoms with van der Waals surface area (Å²) in [5, 5.41) is 11.0. The first-order chi connectivity index (χ1) is 12.8. The van der Waals surface area contributed by atoms with E-state index in [9.17, 15) is 5.11 Å². The molecule has 0 bridgehead atoms. The van der Waals surface area contributed by atoms with Crippen molar-refractivity contribution in [3.8, 4) is 0 Å². The van der Waals surface area contributed by atoms with E-state index in [2.05, 4.69) is 24.3 Å². The molecule has 6 atom stereocenters. The van der Waals surface area contributed by atoms with Gasteiger partial charge in [-0.2, -0.15) is 0 Å². The molecule has 0 radical (unpaired) electrons. The SMILES string of the molecule is OC1CC[C@H]2[C@@H]3CCc4ccccc4[C@H]3CC[C@]12COC1CCCCO1. The monoisotopic (exact) mass is 356 g/mol. The highest BCUT2D eigenvalue weighted by molar-refractivity contribution is 5.35. The van der Waals surface area contributed by atoms with E-state index < -0.39 is 0 Å². The van der Waals surface area contributed by atoms with Gasteiger partial charge >= 0.3 is 0 Å². The second kappa shape index (κ2) is 6.92. The van der Waals surface area contributed by atoms with Crippen LogP contribution in [0.5, 0.6) is 0 Å². The van der Waals surface area contributed by atoms with Gasteiger partial charge in [0.15, 0.2) is 6.29 Å². The number of rotatable bonds is 3. The van der Waals surface area contributed by atoms with Crippen LogP contribution in [0.15, 0.2) is 24.3 Å². The molecule has 0 aromatic heterocycles. The Morgan fingerprint density at radius 1 is 1.08 bits per heavy atom. The van der Waals surface area contributed by atoms with E-state index in [0.29, 0.717) is 24.4 Å². The van der Waals surface area contributed by atoms with Crippen LogP contribution in [0.2, 0.25) is 0 Å². The molecule has 3 heteroatoms. The van der Waals surface area contributed by atoms with Crippen LogP contribution >= 0.6 is 0 Å². The molecule has 3 nitrogen and oxygen atoms in total. The second-order valence-electron chi connectivity index (χ2n) is 9.09. The van der Waals surface area contributed by atoms with E-state index >= 15 is 0 Å². The molecule has 3 aliphatic carbocycles. The molecule has 1 aromatic carbocycles. The fourth-order valence-corrected chi connectivity index (χ4v) is 6.67. The Morgan fingerprint density at radius 2 is 2.00 bits per heavy atom. The van der Waals surface area contributed by atoms with Crippen molar-refractivity contribution in [3.63, 3.8) is 0 Å². The Balaban J connectivity index is 1.37. The molecule has 4 aliphatic rings. The summed E-state index contributed by atoms with van der Waals surface area (Å²) < 4.78 is 12.1. The van der Waals surface area contributed by atoms with Gasteiger partial charge in [-0.05, 0) is 86.7 Å². The minimum atomic E-state index is -0.200. The first-order valence-electron chi connectivity index (χ1n) is 10.8. The maximum atomic E-state index is 11.0. The predicted octanol–water partition coefficient (Wildman–Crippen LogP) is 4.43. The van der Waals surface area contributed by atoms with Gasteiger partial charge in [0.2, 0.25) is 0 Å². The normalized spacial score (nSPS) is 42.0. The highest BCUT2D eigenvalue weighted by atomic mass is 16.7. The van der Waals surface area contributed by atoms with E-state index in [4.69, 9.17) is 9.47 Å². The maximum absolute atomic E-state index is 11.0. The molecule has 1 saturated heterocycles. The summed E-state index contributed by atoms with van der Waals surface area (Å²) in [6.07, 6.45) is 10.0. The molecule has 2 unspecified atom stereocenters. The summed E-state index contributed by atoms with van der Waals surface area (Å²) in [6.45, 7) is 1.51. The second-order valence-corrected chi connectivity index (χ2v) is 9.09. The summed E-state index contributed by atoms with van der Waals surface area (Å²) >= 11 is 0. The molecular weight excluding hydrogens is 324 g/mol. The molecule has 2 saturated carbocycles. The van der Waals surface area contributed by atoms with Crippen LogP contribution in [0.25, 0.3) is 0 Å². The van der Waals surface area contributed by atoms with E-state index in [-0.39, 0.29) is 17.8 Å². The third-order valence-corrected chi connectivity index (χ3v) is 7.99. The van der Waals surface area contributed by atoms with Gasteiger partial charge in [-0.25, -0.2) is 0 Å². The number of aryl methyl sites for hydroxylation is 1. The fraction of sp³-hybridized carbons (Fsp3) is 0.739. The van der Waals surface area contributed by atoms with Crippen molar-refractivity contribution in [2.45, 2.75) is 76.1 Å². The standard InChI is InChI=1S/C23H32O3/c24-21-11-10-20-19-9-8-16-5-1-2-6-17(16)18(19)12-13-23(20,21)15-26-22-7-3-4-14-25-22/h1-2,5-6,18-22,24H,3-4,7-15H2/t18-,19-,20+,21?,22?,23-/m1/s1. The van der Waals surface area contributed by atoms with Gasteiger partial charge in [0, 0.05) is 12.0 Å². The molecule has 1 aliphatic heterocycles. The van der Waals surface area contributed by atoms with Crippen molar-refractivity contribution in [1.29, 1.82) is 0 Å². The van der Waals surface area contributed by atoms with Gasteiger partial charge in [-0.3, -0.25) is 0 Å². The Kier molecular flexibility index (Phi) is 4.58. The average molecular weight is 357 g/mol. The zero-order valence-corrected chi connectivity index (χ0v) is 15.7. The number of fused-ring (bicyclic) bond motifs is 5. The first kappa shape index (κ1) is 17.2. The van der Waals surface area contributed by atoms with Crippen LogP contribution in [0.1, 0.15) is 68.4 Å². The molecule has 26 heavy (non-hydrogen) atoms. The Morgan fingerprint density at radius 3 is 2.88 bits per heavy atom. The number of ether oxygens (including phenoxy) is 2. The van der Waals surface area contributed by atoms with Crippen LogP contribution in [0.3, 0.4) is 0 Å². The smallest absolute Gasteiger partial charge is 0.157 e. The van der Waals surface area contributed by atoms with E-state index in [1.54, 1.807) is 11.1 Å². The molecule has 3 fully saturated rings. The Hall–Kier alpha value is -0.900. The van der Waals surface area contributed by atoms with E-state index in [1.807, 2.05) is 0 Å². The molecule has 0 spiro atoms. The van der Waals surface area contributed by atoms with Crippen molar-refractivity contribution < 1.29 is 14.6 Å². The van der Waals surface area contributed by atoms with Crippen LogP contribution in [-0.4, -0.2) is 30.7 Å². The van der Waals surface area contributed by atoms with Gasteiger partial charge in [-0.1, -0.05) is 24.3 Å². The van der Waals surface area contributed by atoms with Gasteiger partial charge in [-0.15, -0.1) is 0 Å². The van der Waals surface area contributed by atoms with Crippen LogP contribution in [0.4, 0.5) is 0 Å². The fourth-order valence-electron chi connectivity index (χ4n) is 6.67. The minimum absolute atomic E-state index is 0.0335. The summed E-state index contributed by atoms with van der Waals surface area (Å²) in [4.78, 5) is 0. The summed E-state index contributed by atoms with van der Waals surface area (Å²) in [6, 6.07) is 9.07. The molecule has 1 heterocycles. The van der Waals surface area contributed by atoms with Crippen LogP contribution in [0, 0.1) is 17.3 Å². The van der Waals surface area contributed by atoms with Crippen molar-refractivity contribution in [2.24, 2.45) is 17.3 Å². The van der Waals surface area contributed by atoms with Gasteiger partial charge in [0.05, 0.1) is 12.7 Å². The summed E-state index contributed by atoms with van der Waals surface area (Å²) in [5.74, 6) is 2.01. The maximum Gasteiger partial charge on any atom is 0.157 e. The zero-order valence-electron chi connectivity index (χ0n) is 15.7. The highest BCUT2D eigenvalue weighted by Gasteiger charge is 2.57. The lowest BCUT2D eigenvalue weighted by Gasteiger charge is -2.51. The molecule has 1 aromatic rings. The van der Waals surface area contributed by atoms with Crippen molar-refractivity contribution in [2.75, 3.05) is 13.2 Å². The number of hydrogen-bond acceptors (Lipinski definition) is 3. The van der Waals surface area contributed by atoms with E-state index in [0.717, 1.165) is 32.3 Å². The topological polar surface area (TPSA) is 38.7 Å². The highest BCUT2D eigenvalue weighted by Crippen LogP contribution is 2.61. The zero-order chi connectivity index (χ0) is 17.6. The molecule has 142 valence electrons. The molecule has 0 amide bonds. The minimum Gasteiger partial charge on any atom is -0.392 e. The van der Waals surface area contributed by atoms with Crippen molar-refractivity contribution in [3.05, 3.63) is 35.4 Å². The van der Waals surface area contributed by atoms with Crippen LogP contribution < -0.4 is 0 Å². The largest absolute Gasteiger partial charge is 0.392 e. The number of benzene rings is 1. The van der Waals surface area contributed by atoms with Gasteiger partial charge in [0.1, 0.15) is 0 Å². The van der Waals surface area contributed by atoms with Crippen LogP contribution in [-0.2, 0) is 15.9 Å². The Labute approximate surface area is 157 Å². The molecule has 5 rings (SSSR count). The third kappa shape index (κ3) is 2.75. The summed E-state index contributed by atoms with van der Waals surface area (Å²) in [5.41, 5.74) is 3.12. The number of aliphatic hydroxyl groups excluding tert-OH is 1. The lowest BCUT2D eigenvalue weighted by atomic mass is 9.55. The lowest BCUT2D eigenvalue weighted by Crippen LogP contribution is -2.49. The van der Waals surface area contributed by atoms with Gasteiger partial charge in [0.25, 0.3) is 0 Å². The number of hydrogen-bond donors (Lipinski definition) is 1.